The van der Waals surface area contributed by atoms with Crippen LogP contribution in [-0.2, 0) is 13.1 Å². The van der Waals surface area contributed by atoms with Crippen LogP contribution in [0.1, 0.15) is 53.7 Å². The van der Waals surface area contributed by atoms with Gasteiger partial charge in [0.15, 0.2) is 0 Å². The summed E-state index contributed by atoms with van der Waals surface area (Å²) < 4.78 is 2.40. The number of carbonyl (C=O) groups is 2. The third kappa shape index (κ3) is 3.55. The SMILES string of the molecule is CCn1c2c(C(=O)O)cccc2c(=O)n1C(=O)NCc1c(C)cccc1C(C)C. The maximum absolute atomic E-state index is 12.9. The summed E-state index contributed by atoms with van der Waals surface area (Å²) in [4.78, 5) is 37.4. The van der Waals surface area contributed by atoms with Gasteiger partial charge in [-0.25, -0.2) is 9.59 Å². The van der Waals surface area contributed by atoms with Crippen LogP contribution < -0.4 is 10.9 Å². The molecule has 1 aromatic heterocycles. The van der Waals surface area contributed by atoms with E-state index >= 15 is 0 Å². The van der Waals surface area contributed by atoms with E-state index in [-0.39, 0.29) is 29.6 Å². The molecule has 0 fully saturated rings. The predicted molar refractivity (Wildman–Crippen MR) is 112 cm³/mol. The number of aromatic carboxylic acids is 1. The molecule has 0 saturated heterocycles. The van der Waals surface area contributed by atoms with Crippen molar-refractivity contribution in [2.45, 2.75) is 46.7 Å². The lowest BCUT2D eigenvalue weighted by Crippen LogP contribution is -2.38. The number of hydrogen-bond donors (Lipinski definition) is 2. The number of hydrogen-bond acceptors (Lipinski definition) is 3. The van der Waals surface area contributed by atoms with Gasteiger partial charge in [-0.15, -0.1) is 0 Å². The van der Waals surface area contributed by atoms with Crippen molar-refractivity contribution < 1.29 is 14.7 Å². The van der Waals surface area contributed by atoms with Crippen molar-refractivity contribution in [2.75, 3.05) is 0 Å². The molecule has 7 heteroatoms. The maximum Gasteiger partial charge on any atom is 0.344 e. The molecule has 0 radical (unpaired) electrons. The topological polar surface area (TPSA) is 93.3 Å². The zero-order chi connectivity index (χ0) is 21.3. The third-order valence-corrected chi connectivity index (χ3v) is 5.17. The van der Waals surface area contributed by atoms with Crippen LogP contribution in [0.25, 0.3) is 10.9 Å². The van der Waals surface area contributed by atoms with Gasteiger partial charge in [-0.2, -0.15) is 4.68 Å². The molecular formula is C22H25N3O4. The predicted octanol–water partition coefficient (Wildman–Crippen LogP) is 3.71. The van der Waals surface area contributed by atoms with Crippen molar-refractivity contribution in [1.82, 2.24) is 14.7 Å². The summed E-state index contributed by atoms with van der Waals surface area (Å²) in [5.74, 6) is -0.846. The smallest absolute Gasteiger partial charge is 0.344 e. The standard InChI is InChI=1S/C22H25N3O4/c1-5-24-19-16(10-7-11-17(19)21(27)28)20(26)25(24)22(29)23-12-18-14(4)8-6-9-15(18)13(2)3/h6-11,13H,5,12H2,1-4H3,(H,23,29)(H,27,28). The highest BCUT2D eigenvalue weighted by Gasteiger charge is 2.22. The summed E-state index contributed by atoms with van der Waals surface area (Å²) in [6, 6.07) is 9.91. The number of carboxylic acids is 1. The van der Waals surface area contributed by atoms with Crippen molar-refractivity contribution in [2.24, 2.45) is 0 Å². The number of aryl methyl sites for hydroxylation is 2. The van der Waals surface area contributed by atoms with Crippen LogP contribution in [0.5, 0.6) is 0 Å². The summed E-state index contributed by atoms with van der Waals surface area (Å²) in [5, 5.41) is 12.5. The van der Waals surface area contributed by atoms with Crippen molar-refractivity contribution >= 4 is 22.9 Å². The van der Waals surface area contributed by atoms with Crippen LogP contribution in [0.2, 0.25) is 0 Å². The Labute approximate surface area is 168 Å². The van der Waals surface area contributed by atoms with E-state index in [9.17, 15) is 19.5 Å². The molecule has 1 heterocycles. The minimum Gasteiger partial charge on any atom is -0.478 e. The van der Waals surface area contributed by atoms with E-state index in [4.69, 9.17) is 0 Å². The van der Waals surface area contributed by atoms with Crippen LogP contribution in [0.4, 0.5) is 4.79 Å². The average molecular weight is 395 g/mol. The average Bonchev–Trinajstić information content (AvgIpc) is 2.98. The van der Waals surface area contributed by atoms with Gasteiger partial charge in [0.1, 0.15) is 0 Å². The fourth-order valence-electron chi connectivity index (χ4n) is 3.74. The molecule has 0 atom stereocenters. The largest absolute Gasteiger partial charge is 0.478 e. The molecule has 0 aliphatic heterocycles. The van der Waals surface area contributed by atoms with Crippen molar-refractivity contribution in [1.29, 1.82) is 0 Å². The van der Waals surface area contributed by atoms with Gasteiger partial charge in [0.2, 0.25) is 0 Å². The number of aromatic nitrogens is 2. The molecule has 29 heavy (non-hydrogen) atoms. The number of nitrogens with one attached hydrogen (secondary N) is 1. The Balaban J connectivity index is 2.04. The molecule has 1 amide bonds. The summed E-state index contributed by atoms with van der Waals surface area (Å²) in [5.41, 5.74) is 2.94. The van der Waals surface area contributed by atoms with Crippen LogP contribution >= 0.6 is 0 Å². The lowest BCUT2D eigenvalue weighted by atomic mass is 9.94. The van der Waals surface area contributed by atoms with Gasteiger partial charge in [-0.3, -0.25) is 9.48 Å². The number of amides is 1. The second kappa shape index (κ2) is 7.95. The van der Waals surface area contributed by atoms with E-state index in [2.05, 4.69) is 19.2 Å². The number of benzene rings is 2. The Morgan fingerprint density at radius 3 is 2.45 bits per heavy atom. The van der Waals surface area contributed by atoms with E-state index < -0.39 is 17.6 Å². The molecular weight excluding hydrogens is 370 g/mol. The van der Waals surface area contributed by atoms with Gasteiger partial charge in [-0.05, 0) is 48.6 Å². The maximum atomic E-state index is 12.9. The second-order valence-electron chi connectivity index (χ2n) is 7.30. The van der Waals surface area contributed by atoms with Gasteiger partial charge >= 0.3 is 12.0 Å². The summed E-state index contributed by atoms with van der Waals surface area (Å²) >= 11 is 0. The molecule has 0 aliphatic carbocycles. The molecule has 0 spiro atoms. The quantitative estimate of drug-likeness (QED) is 0.689. The highest BCUT2D eigenvalue weighted by molar-refractivity contribution is 6.02. The van der Waals surface area contributed by atoms with Gasteiger partial charge in [0, 0.05) is 13.1 Å². The fourth-order valence-corrected chi connectivity index (χ4v) is 3.74. The van der Waals surface area contributed by atoms with E-state index in [1.165, 1.54) is 22.9 Å². The lowest BCUT2D eigenvalue weighted by molar-refractivity contribution is 0.0698. The second-order valence-corrected chi connectivity index (χ2v) is 7.30. The first-order valence-electron chi connectivity index (χ1n) is 9.62. The zero-order valence-corrected chi connectivity index (χ0v) is 17.0. The first kappa shape index (κ1) is 20.4. The van der Waals surface area contributed by atoms with E-state index in [0.29, 0.717) is 5.92 Å². The minimum absolute atomic E-state index is 0.00556. The van der Waals surface area contributed by atoms with E-state index in [1.54, 1.807) is 6.92 Å². The molecule has 0 saturated carbocycles. The van der Waals surface area contributed by atoms with Gasteiger partial charge in [0.05, 0.1) is 16.5 Å². The van der Waals surface area contributed by atoms with Crippen molar-refractivity contribution in [3.8, 4) is 0 Å². The van der Waals surface area contributed by atoms with Gasteiger partial charge in [-0.1, -0.05) is 38.1 Å². The number of carbonyl (C=O) groups excluding carboxylic acids is 1. The molecule has 152 valence electrons. The first-order valence-corrected chi connectivity index (χ1v) is 9.62. The molecule has 2 N–H and O–H groups in total. The molecule has 0 bridgehead atoms. The van der Waals surface area contributed by atoms with E-state index in [0.717, 1.165) is 21.4 Å². The number of rotatable bonds is 5. The van der Waals surface area contributed by atoms with Gasteiger partial charge in [0.25, 0.3) is 5.56 Å². The van der Waals surface area contributed by atoms with Crippen LogP contribution in [0.3, 0.4) is 0 Å². The van der Waals surface area contributed by atoms with E-state index in [1.807, 2.05) is 25.1 Å². The molecule has 7 nitrogen and oxygen atoms in total. The highest BCUT2D eigenvalue weighted by Crippen LogP contribution is 2.22. The van der Waals surface area contributed by atoms with Crippen molar-refractivity contribution in [3.05, 3.63) is 69.0 Å². The first-order chi connectivity index (χ1) is 13.8. The highest BCUT2D eigenvalue weighted by atomic mass is 16.4. The summed E-state index contributed by atoms with van der Waals surface area (Å²) in [7, 11) is 0. The van der Waals surface area contributed by atoms with Crippen LogP contribution in [0, 0.1) is 6.92 Å². The monoisotopic (exact) mass is 395 g/mol. The fraction of sp³-hybridized carbons (Fsp3) is 0.318. The zero-order valence-electron chi connectivity index (χ0n) is 17.0. The van der Waals surface area contributed by atoms with Crippen LogP contribution in [-0.4, -0.2) is 26.5 Å². The number of carboxylic acid groups (broad SMARTS) is 1. The van der Waals surface area contributed by atoms with Gasteiger partial charge < -0.3 is 10.4 Å². The van der Waals surface area contributed by atoms with Crippen LogP contribution in [0.15, 0.2) is 41.2 Å². The number of nitrogens with zero attached hydrogens (tertiary/aromatic N) is 2. The molecule has 3 rings (SSSR count). The minimum atomic E-state index is -1.14. The normalized spacial score (nSPS) is 11.2. The van der Waals surface area contributed by atoms with Crippen molar-refractivity contribution in [3.63, 3.8) is 0 Å². The number of para-hydroxylation sites is 1. The Morgan fingerprint density at radius 2 is 1.83 bits per heavy atom. The molecule has 0 unspecified atom stereocenters. The Morgan fingerprint density at radius 1 is 1.14 bits per heavy atom. The number of fused-ring (bicyclic) bond motifs is 1. The molecule has 0 aliphatic rings. The summed E-state index contributed by atoms with van der Waals surface area (Å²) in [6.45, 7) is 8.49. The lowest BCUT2D eigenvalue weighted by Gasteiger charge is -2.17. The Kier molecular flexibility index (Phi) is 5.59. The Bertz CT molecular complexity index is 1150. The Hall–Kier alpha value is -3.35. The summed E-state index contributed by atoms with van der Waals surface area (Å²) in [6.07, 6.45) is 0. The molecule has 2 aromatic carbocycles. The molecule has 3 aromatic rings. The third-order valence-electron chi connectivity index (χ3n) is 5.17.